The van der Waals surface area contributed by atoms with Crippen LogP contribution < -0.4 is 0 Å². The van der Waals surface area contributed by atoms with Crippen LogP contribution in [0.1, 0.15) is 10.4 Å². The maximum atomic E-state index is 10.9. The molecule has 0 unspecified atom stereocenters. The number of halogens is 2. The van der Waals surface area contributed by atoms with Crippen LogP contribution in [0.3, 0.4) is 0 Å². The Balaban J connectivity index is 2.22. The van der Waals surface area contributed by atoms with Crippen LogP contribution in [0.25, 0.3) is 16.7 Å². The van der Waals surface area contributed by atoms with E-state index in [1.807, 2.05) is 0 Å². The molecule has 0 saturated heterocycles. The first-order valence-corrected chi connectivity index (χ1v) is 6.47. The van der Waals surface area contributed by atoms with E-state index in [2.05, 4.69) is 4.98 Å². The van der Waals surface area contributed by atoms with Gasteiger partial charge in [0.15, 0.2) is 0 Å². The Hall–Kier alpha value is -2.04. The van der Waals surface area contributed by atoms with E-state index < -0.39 is 5.97 Å². The fourth-order valence-electron chi connectivity index (χ4n) is 2.01. The van der Waals surface area contributed by atoms with Gasteiger partial charge in [-0.25, -0.2) is 9.78 Å². The average Bonchev–Trinajstić information content (AvgIpc) is 2.84. The third-order valence-electron chi connectivity index (χ3n) is 2.96. The Kier molecular flexibility index (Phi) is 3.12. The fourth-order valence-corrected chi connectivity index (χ4v) is 2.38. The number of carbonyl (C=O) groups is 1. The van der Waals surface area contributed by atoms with E-state index in [0.717, 1.165) is 5.52 Å². The summed E-state index contributed by atoms with van der Waals surface area (Å²) in [5, 5.41) is 10.1. The quantitative estimate of drug-likeness (QED) is 0.777. The number of benzene rings is 2. The minimum Gasteiger partial charge on any atom is -0.478 e. The SMILES string of the molecule is O=C(O)c1ccc2c(c1)ncn2-c1cc(Cl)ccc1Cl. The van der Waals surface area contributed by atoms with Gasteiger partial charge in [-0.3, -0.25) is 4.57 Å². The number of fused-ring (bicyclic) bond motifs is 1. The Morgan fingerprint density at radius 2 is 1.95 bits per heavy atom. The van der Waals surface area contributed by atoms with Crippen LogP contribution in [-0.4, -0.2) is 20.6 Å². The lowest BCUT2D eigenvalue weighted by molar-refractivity contribution is 0.0697. The Bertz CT molecular complexity index is 827. The molecule has 0 saturated carbocycles. The van der Waals surface area contributed by atoms with Crippen LogP contribution in [0, 0.1) is 0 Å². The topological polar surface area (TPSA) is 55.1 Å². The first-order valence-electron chi connectivity index (χ1n) is 5.72. The van der Waals surface area contributed by atoms with E-state index >= 15 is 0 Å². The van der Waals surface area contributed by atoms with Gasteiger partial charge in [0.25, 0.3) is 0 Å². The zero-order valence-corrected chi connectivity index (χ0v) is 11.6. The van der Waals surface area contributed by atoms with E-state index in [1.165, 1.54) is 12.1 Å². The van der Waals surface area contributed by atoms with Gasteiger partial charge >= 0.3 is 5.97 Å². The molecular weight excluding hydrogens is 299 g/mol. The number of carboxylic acids is 1. The highest BCUT2D eigenvalue weighted by Gasteiger charge is 2.11. The van der Waals surface area contributed by atoms with Gasteiger partial charge in [0.2, 0.25) is 0 Å². The van der Waals surface area contributed by atoms with E-state index in [1.54, 1.807) is 35.2 Å². The first-order chi connectivity index (χ1) is 9.56. The van der Waals surface area contributed by atoms with Gasteiger partial charge in [-0.05, 0) is 36.4 Å². The summed E-state index contributed by atoms with van der Waals surface area (Å²) in [4.78, 5) is 15.2. The molecule has 0 fully saturated rings. The largest absolute Gasteiger partial charge is 0.478 e. The summed E-state index contributed by atoms with van der Waals surface area (Å²) in [7, 11) is 0. The van der Waals surface area contributed by atoms with Crippen molar-refractivity contribution in [3.05, 3.63) is 58.3 Å². The molecule has 6 heteroatoms. The van der Waals surface area contributed by atoms with Crippen molar-refractivity contribution in [3.8, 4) is 5.69 Å². The van der Waals surface area contributed by atoms with Crippen LogP contribution in [-0.2, 0) is 0 Å². The van der Waals surface area contributed by atoms with E-state index in [-0.39, 0.29) is 5.56 Å². The maximum Gasteiger partial charge on any atom is 0.335 e. The number of carboxylic acid groups (broad SMARTS) is 1. The van der Waals surface area contributed by atoms with Gasteiger partial charge in [0, 0.05) is 5.02 Å². The molecule has 4 nitrogen and oxygen atoms in total. The van der Waals surface area contributed by atoms with E-state index in [9.17, 15) is 4.79 Å². The van der Waals surface area contributed by atoms with Crippen molar-refractivity contribution in [2.75, 3.05) is 0 Å². The van der Waals surface area contributed by atoms with E-state index in [0.29, 0.717) is 21.2 Å². The van der Waals surface area contributed by atoms with Gasteiger partial charge in [-0.1, -0.05) is 23.2 Å². The number of rotatable bonds is 2. The van der Waals surface area contributed by atoms with Crippen molar-refractivity contribution >= 4 is 40.2 Å². The fraction of sp³-hybridized carbons (Fsp3) is 0. The number of aromatic nitrogens is 2. The van der Waals surface area contributed by atoms with Crippen molar-refractivity contribution in [2.24, 2.45) is 0 Å². The number of aromatic carboxylic acids is 1. The first kappa shape index (κ1) is 13.0. The summed E-state index contributed by atoms with van der Waals surface area (Å²) in [6.07, 6.45) is 1.59. The maximum absolute atomic E-state index is 10.9. The molecule has 0 atom stereocenters. The Morgan fingerprint density at radius 3 is 2.70 bits per heavy atom. The minimum absolute atomic E-state index is 0.194. The molecule has 1 aromatic heterocycles. The number of hydrogen-bond acceptors (Lipinski definition) is 2. The lowest BCUT2D eigenvalue weighted by atomic mass is 10.2. The van der Waals surface area contributed by atoms with Crippen LogP contribution in [0.15, 0.2) is 42.7 Å². The molecule has 0 aliphatic rings. The summed E-state index contributed by atoms with van der Waals surface area (Å²) >= 11 is 12.1. The van der Waals surface area contributed by atoms with Gasteiger partial charge in [-0.2, -0.15) is 0 Å². The van der Waals surface area contributed by atoms with Gasteiger partial charge in [0.1, 0.15) is 6.33 Å². The molecule has 3 rings (SSSR count). The molecule has 1 N–H and O–H groups in total. The zero-order valence-electron chi connectivity index (χ0n) is 10.0. The molecule has 2 aromatic carbocycles. The standard InChI is InChI=1S/C14H8Cl2N2O2/c15-9-2-3-10(16)13(6-9)18-7-17-11-5-8(14(19)20)1-4-12(11)18/h1-7H,(H,19,20). The van der Waals surface area contributed by atoms with Crippen molar-refractivity contribution in [2.45, 2.75) is 0 Å². The van der Waals surface area contributed by atoms with Crippen molar-refractivity contribution in [1.29, 1.82) is 0 Å². The molecule has 3 aromatic rings. The molecule has 0 spiro atoms. The van der Waals surface area contributed by atoms with Crippen molar-refractivity contribution in [1.82, 2.24) is 9.55 Å². The summed E-state index contributed by atoms with van der Waals surface area (Å²) in [6, 6.07) is 9.89. The highest BCUT2D eigenvalue weighted by atomic mass is 35.5. The van der Waals surface area contributed by atoms with Crippen LogP contribution in [0.5, 0.6) is 0 Å². The zero-order chi connectivity index (χ0) is 14.3. The Morgan fingerprint density at radius 1 is 1.15 bits per heavy atom. The summed E-state index contributed by atoms with van der Waals surface area (Å²) in [6.45, 7) is 0. The molecular formula is C14H8Cl2N2O2. The third-order valence-corrected chi connectivity index (χ3v) is 3.52. The summed E-state index contributed by atoms with van der Waals surface area (Å²) in [5.74, 6) is -0.984. The minimum atomic E-state index is -0.984. The van der Waals surface area contributed by atoms with Crippen LogP contribution in [0.4, 0.5) is 0 Å². The summed E-state index contributed by atoms with van der Waals surface area (Å²) < 4.78 is 1.77. The molecule has 20 heavy (non-hydrogen) atoms. The third kappa shape index (κ3) is 2.13. The number of nitrogens with zero attached hydrogens (tertiary/aromatic N) is 2. The lowest BCUT2D eigenvalue weighted by Crippen LogP contribution is -1.96. The van der Waals surface area contributed by atoms with Gasteiger partial charge in [0.05, 0.1) is 27.3 Å². The van der Waals surface area contributed by atoms with Gasteiger partial charge < -0.3 is 5.11 Å². The van der Waals surface area contributed by atoms with E-state index in [4.69, 9.17) is 28.3 Å². The summed E-state index contributed by atoms with van der Waals surface area (Å²) in [5.41, 5.74) is 2.24. The van der Waals surface area contributed by atoms with Crippen molar-refractivity contribution in [3.63, 3.8) is 0 Å². The van der Waals surface area contributed by atoms with Gasteiger partial charge in [-0.15, -0.1) is 0 Å². The molecule has 0 radical (unpaired) electrons. The Labute approximate surface area is 124 Å². The number of imidazole rings is 1. The molecule has 100 valence electrons. The highest BCUT2D eigenvalue weighted by Crippen LogP contribution is 2.27. The second kappa shape index (κ2) is 4.81. The molecule has 0 amide bonds. The number of hydrogen-bond donors (Lipinski definition) is 1. The molecule has 0 aliphatic carbocycles. The molecule has 0 aliphatic heterocycles. The predicted molar refractivity (Wildman–Crippen MR) is 78.0 cm³/mol. The van der Waals surface area contributed by atoms with Crippen molar-refractivity contribution < 1.29 is 9.90 Å². The lowest BCUT2D eigenvalue weighted by Gasteiger charge is -2.07. The monoisotopic (exact) mass is 306 g/mol. The highest BCUT2D eigenvalue weighted by molar-refractivity contribution is 6.34. The normalized spacial score (nSPS) is 10.9. The molecule has 0 bridgehead atoms. The second-order valence-corrected chi connectivity index (χ2v) is 5.06. The van der Waals surface area contributed by atoms with Crippen LogP contribution >= 0.6 is 23.2 Å². The second-order valence-electron chi connectivity index (χ2n) is 4.22. The predicted octanol–water partition coefficient (Wildman–Crippen LogP) is 4.03. The van der Waals surface area contributed by atoms with Crippen LogP contribution in [0.2, 0.25) is 10.0 Å². The average molecular weight is 307 g/mol. The smallest absolute Gasteiger partial charge is 0.335 e. The molecule has 1 heterocycles.